The number of aromatic nitrogens is 6. The molecule has 0 spiro atoms. The van der Waals surface area contributed by atoms with Gasteiger partial charge in [0.05, 0.1) is 67.5 Å². The average molecular weight is 745 g/mol. The standard InChI is InChI=1S/C18H18N4OS2.C17H18N4O2S2/c19-14-13-15(10-6-7-10)21-16(11-3-2-8-20-9-11)22-17(13)24-18(14)25(23)12-4-1-5-12;1-23-7-8-25(22)17-13(18)12-14(10-4-5-10)20-15(21-16(12)24-17)11-3-2-6-19-9-11/h2-3,8-10,12H,1,4-7,19H2;2-3,6,9-10H,4-5,7-8,18H2,1H3. The van der Waals surface area contributed by atoms with Crippen LogP contribution in [0.25, 0.3) is 43.2 Å². The van der Waals surface area contributed by atoms with Crippen LogP contribution in [0.5, 0.6) is 0 Å². The minimum absolute atomic E-state index is 0.255. The molecule has 0 aromatic carbocycles. The summed E-state index contributed by atoms with van der Waals surface area (Å²) in [4.78, 5) is 29.0. The molecule has 2 unspecified atom stereocenters. The van der Waals surface area contributed by atoms with Crippen LogP contribution in [0.15, 0.2) is 57.5 Å². The van der Waals surface area contributed by atoms with E-state index in [4.69, 9.17) is 31.2 Å². The van der Waals surface area contributed by atoms with E-state index in [2.05, 4.69) is 15.0 Å². The summed E-state index contributed by atoms with van der Waals surface area (Å²) in [7, 11) is -0.616. The van der Waals surface area contributed by atoms with E-state index in [0.717, 1.165) is 85.7 Å². The van der Waals surface area contributed by atoms with Gasteiger partial charge in [0, 0.05) is 60.1 Å². The van der Waals surface area contributed by atoms with E-state index in [9.17, 15) is 8.42 Å². The monoisotopic (exact) mass is 744 g/mol. The molecule has 3 aliphatic rings. The minimum atomic E-state index is -1.19. The molecule has 2 atom stereocenters. The van der Waals surface area contributed by atoms with Crippen molar-refractivity contribution in [1.82, 2.24) is 29.9 Å². The van der Waals surface area contributed by atoms with Gasteiger partial charge >= 0.3 is 0 Å². The van der Waals surface area contributed by atoms with Gasteiger partial charge in [-0.25, -0.2) is 19.9 Å². The Kier molecular flexibility index (Phi) is 9.42. The SMILES string of the molecule is COCCS(=O)c1sc2nc(-c3cccnc3)nc(C3CC3)c2c1N.Nc1c(S(=O)C2CCC2)sc2nc(-c3cccnc3)nc(C3CC3)c12. The van der Waals surface area contributed by atoms with Crippen molar-refractivity contribution in [3.05, 3.63) is 60.4 Å². The third-order valence-electron chi connectivity index (χ3n) is 9.15. The Hall–Kier alpha value is -3.76. The van der Waals surface area contributed by atoms with Crippen LogP contribution in [0.4, 0.5) is 11.4 Å². The number of hydrogen-bond donors (Lipinski definition) is 2. The molecular formula is C35H36N8O3S4. The maximum Gasteiger partial charge on any atom is 0.162 e. The molecule has 0 saturated heterocycles. The second kappa shape index (κ2) is 14.1. The van der Waals surface area contributed by atoms with Crippen molar-refractivity contribution in [3.63, 3.8) is 0 Å². The molecule has 0 bridgehead atoms. The number of nitrogen functional groups attached to an aromatic ring is 2. The molecule has 258 valence electrons. The zero-order valence-electron chi connectivity index (χ0n) is 27.4. The second-order valence-electron chi connectivity index (χ2n) is 12.8. The van der Waals surface area contributed by atoms with E-state index in [1.807, 2.05) is 24.3 Å². The van der Waals surface area contributed by atoms with Crippen LogP contribution in [0.2, 0.25) is 0 Å². The van der Waals surface area contributed by atoms with Crippen LogP contribution in [0, 0.1) is 0 Å². The lowest BCUT2D eigenvalue weighted by Crippen LogP contribution is -2.23. The average Bonchev–Trinajstić information content (AvgIpc) is 4.06. The van der Waals surface area contributed by atoms with Gasteiger partial charge in [-0.15, -0.1) is 22.7 Å². The maximum atomic E-state index is 12.9. The van der Waals surface area contributed by atoms with Gasteiger partial charge in [0.1, 0.15) is 18.1 Å². The summed E-state index contributed by atoms with van der Waals surface area (Å²) in [6.07, 6.45) is 14.7. The van der Waals surface area contributed by atoms with Crippen molar-refractivity contribution in [2.24, 2.45) is 0 Å². The molecule has 4 N–H and O–H groups in total. The number of thiophene rings is 2. The Labute approximate surface area is 302 Å². The second-order valence-corrected chi connectivity index (χ2v) is 18.4. The highest BCUT2D eigenvalue weighted by atomic mass is 32.2. The van der Waals surface area contributed by atoms with E-state index in [1.54, 1.807) is 31.9 Å². The number of methoxy groups -OCH3 is 1. The molecule has 0 aliphatic heterocycles. The van der Waals surface area contributed by atoms with Crippen LogP contribution in [0.1, 0.15) is 68.2 Å². The number of nitrogens with two attached hydrogens (primary N) is 2. The first-order valence-electron chi connectivity index (χ1n) is 16.7. The Bertz CT molecular complexity index is 2230. The van der Waals surface area contributed by atoms with Crippen molar-refractivity contribution in [2.75, 3.05) is 30.9 Å². The predicted octanol–water partition coefficient (Wildman–Crippen LogP) is 6.84. The zero-order valence-corrected chi connectivity index (χ0v) is 30.7. The first-order chi connectivity index (χ1) is 24.4. The fraction of sp³-hybridized carbons (Fsp3) is 0.371. The van der Waals surface area contributed by atoms with Gasteiger partial charge in [-0.1, -0.05) is 6.42 Å². The molecule has 6 aromatic heterocycles. The molecule has 3 aliphatic carbocycles. The Morgan fingerprint density at radius 3 is 1.72 bits per heavy atom. The summed E-state index contributed by atoms with van der Waals surface area (Å²) < 4.78 is 31.9. The Balaban J connectivity index is 0.000000144. The molecule has 6 aromatic rings. The van der Waals surface area contributed by atoms with E-state index in [-0.39, 0.29) is 5.25 Å². The third kappa shape index (κ3) is 6.57. The van der Waals surface area contributed by atoms with Crippen LogP contribution >= 0.6 is 22.7 Å². The first-order valence-corrected chi connectivity index (χ1v) is 20.9. The van der Waals surface area contributed by atoms with Crippen LogP contribution in [-0.4, -0.2) is 63.0 Å². The van der Waals surface area contributed by atoms with Crippen molar-refractivity contribution < 1.29 is 13.2 Å². The number of hydrogen-bond acceptors (Lipinski definition) is 13. The van der Waals surface area contributed by atoms with Gasteiger partial charge in [-0.2, -0.15) is 0 Å². The number of anilines is 2. The van der Waals surface area contributed by atoms with Crippen molar-refractivity contribution >= 4 is 76.1 Å². The molecule has 15 heteroatoms. The van der Waals surface area contributed by atoms with Crippen molar-refractivity contribution in [1.29, 1.82) is 0 Å². The van der Waals surface area contributed by atoms with Gasteiger partial charge in [-0.05, 0) is 62.8 Å². The summed E-state index contributed by atoms with van der Waals surface area (Å²) >= 11 is 2.88. The molecule has 0 amide bonds. The molecule has 50 heavy (non-hydrogen) atoms. The summed E-state index contributed by atoms with van der Waals surface area (Å²) in [5.41, 5.74) is 17.8. The normalized spacial score (nSPS) is 17.3. The van der Waals surface area contributed by atoms with E-state index in [0.29, 0.717) is 51.4 Å². The fourth-order valence-corrected chi connectivity index (χ4v) is 11.7. The summed E-state index contributed by atoms with van der Waals surface area (Å²) in [6.45, 7) is 0.433. The van der Waals surface area contributed by atoms with Crippen LogP contribution < -0.4 is 11.5 Å². The van der Waals surface area contributed by atoms with E-state index >= 15 is 0 Å². The van der Waals surface area contributed by atoms with Crippen LogP contribution in [-0.2, 0) is 26.3 Å². The topological polar surface area (TPSA) is 173 Å². The third-order valence-corrected chi connectivity index (χ3v) is 15.3. The predicted molar refractivity (Wildman–Crippen MR) is 201 cm³/mol. The van der Waals surface area contributed by atoms with Gasteiger partial charge in [0.25, 0.3) is 0 Å². The quantitative estimate of drug-likeness (QED) is 0.150. The van der Waals surface area contributed by atoms with Crippen LogP contribution in [0.3, 0.4) is 0 Å². The number of ether oxygens (including phenoxy) is 1. The number of pyridine rings is 2. The van der Waals surface area contributed by atoms with E-state index in [1.165, 1.54) is 29.1 Å². The first kappa shape index (κ1) is 33.4. The minimum Gasteiger partial charge on any atom is -0.396 e. The van der Waals surface area contributed by atoms with Gasteiger partial charge in [-0.3, -0.25) is 18.4 Å². The lowest BCUT2D eigenvalue weighted by Gasteiger charge is -2.23. The van der Waals surface area contributed by atoms with E-state index < -0.39 is 21.6 Å². The van der Waals surface area contributed by atoms with Crippen molar-refractivity contribution in [3.8, 4) is 22.8 Å². The molecule has 0 radical (unpaired) electrons. The molecule has 3 saturated carbocycles. The highest BCUT2D eigenvalue weighted by Crippen LogP contribution is 2.49. The Morgan fingerprint density at radius 2 is 1.28 bits per heavy atom. The zero-order chi connectivity index (χ0) is 34.4. The largest absolute Gasteiger partial charge is 0.396 e. The highest BCUT2D eigenvalue weighted by Gasteiger charge is 2.34. The summed E-state index contributed by atoms with van der Waals surface area (Å²) in [5, 5.41) is 2.06. The number of nitrogens with zero attached hydrogens (tertiary/aromatic N) is 6. The smallest absolute Gasteiger partial charge is 0.162 e. The maximum absolute atomic E-state index is 12.9. The summed E-state index contributed by atoms with van der Waals surface area (Å²) in [5.74, 6) is 2.62. The molecule has 6 heterocycles. The Morgan fingerprint density at radius 1 is 0.760 bits per heavy atom. The molecule has 3 fully saturated rings. The highest BCUT2D eigenvalue weighted by molar-refractivity contribution is 7.88. The summed E-state index contributed by atoms with van der Waals surface area (Å²) in [6, 6.07) is 7.67. The van der Waals surface area contributed by atoms with Gasteiger partial charge < -0.3 is 16.2 Å². The molecule has 11 nitrogen and oxygen atoms in total. The van der Waals surface area contributed by atoms with Crippen molar-refractivity contribution in [2.45, 2.75) is 70.4 Å². The lowest BCUT2D eigenvalue weighted by atomic mass is 10.0. The fourth-order valence-electron chi connectivity index (χ4n) is 5.92. The van der Waals surface area contributed by atoms with Gasteiger partial charge in [0.15, 0.2) is 11.6 Å². The number of fused-ring (bicyclic) bond motifs is 2. The molecular weight excluding hydrogens is 709 g/mol. The number of rotatable bonds is 10. The molecule has 9 rings (SSSR count). The van der Waals surface area contributed by atoms with Gasteiger partial charge in [0.2, 0.25) is 0 Å². The lowest BCUT2D eigenvalue weighted by molar-refractivity contribution is 0.218.